The topological polar surface area (TPSA) is 46.6 Å². The van der Waals surface area contributed by atoms with Crippen LogP contribution in [0.1, 0.15) is 26.7 Å². The molecule has 1 rings (SSSR count). The van der Waals surface area contributed by atoms with Gasteiger partial charge in [0.25, 0.3) is 10.1 Å². The summed E-state index contributed by atoms with van der Waals surface area (Å²) in [5.74, 6) is 0.0411. The fourth-order valence-electron chi connectivity index (χ4n) is 1.54. The predicted octanol–water partition coefficient (Wildman–Crippen LogP) is 1.16. The molecule has 1 aliphatic heterocycles. The van der Waals surface area contributed by atoms with Gasteiger partial charge in [-0.2, -0.15) is 8.42 Å². The van der Waals surface area contributed by atoms with Crippen LogP contribution in [0.3, 0.4) is 0 Å². The van der Waals surface area contributed by atoms with Gasteiger partial charge in [0.1, 0.15) is 0 Å². The molecular formula is C9H17NO3S2. The zero-order valence-corrected chi connectivity index (χ0v) is 10.7. The van der Waals surface area contributed by atoms with Gasteiger partial charge in [-0.25, -0.2) is 0 Å². The van der Waals surface area contributed by atoms with Crippen LogP contribution >= 0.6 is 12.2 Å². The standard InChI is InChI=1S/C9H17NO3S2/c1-3-15(11,12)13-9-4-6-10(7-5-9)8(2)14/h9H,3-7H2,1-2H3. The van der Waals surface area contributed by atoms with Gasteiger partial charge in [0.05, 0.1) is 16.8 Å². The largest absolute Gasteiger partial charge is 0.366 e. The van der Waals surface area contributed by atoms with Crippen molar-refractivity contribution in [3.63, 3.8) is 0 Å². The summed E-state index contributed by atoms with van der Waals surface area (Å²) in [7, 11) is -3.31. The molecule has 88 valence electrons. The van der Waals surface area contributed by atoms with E-state index >= 15 is 0 Å². The van der Waals surface area contributed by atoms with Crippen molar-refractivity contribution in [1.82, 2.24) is 4.90 Å². The zero-order valence-electron chi connectivity index (χ0n) is 9.10. The third-order valence-electron chi connectivity index (χ3n) is 2.52. The van der Waals surface area contributed by atoms with Crippen LogP contribution in [-0.2, 0) is 14.3 Å². The molecule has 0 aliphatic carbocycles. The van der Waals surface area contributed by atoms with E-state index in [2.05, 4.69) is 4.90 Å². The van der Waals surface area contributed by atoms with E-state index in [4.69, 9.17) is 16.4 Å². The summed E-state index contributed by atoms with van der Waals surface area (Å²) >= 11 is 5.05. The van der Waals surface area contributed by atoms with Gasteiger partial charge in [0.15, 0.2) is 0 Å². The van der Waals surface area contributed by atoms with Crippen LogP contribution in [0.15, 0.2) is 0 Å². The fraction of sp³-hybridized carbons (Fsp3) is 0.889. The number of likely N-dealkylation sites (tertiary alicyclic amines) is 1. The van der Waals surface area contributed by atoms with E-state index in [9.17, 15) is 8.42 Å². The highest BCUT2D eigenvalue weighted by Gasteiger charge is 2.23. The van der Waals surface area contributed by atoms with Crippen molar-refractivity contribution < 1.29 is 12.6 Å². The van der Waals surface area contributed by atoms with Gasteiger partial charge in [0.2, 0.25) is 0 Å². The van der Waals surface area contributed by atoms with Gasteiger partial charge in [-0.3, -0.25) is 4.18 Å². The van der Waals surface area contributed by atoms with Crippen molar-refractivity contribution in [2.45, 2.75) is 32.8 Å². The molecule has 0 aromatic rings. The van der Waals surface area contributed by atoms with Crippen molar-refractivity contribution in [2.75, 3.05) is 18.8 Å². The summed E-state index contributed by atoms with van der Waals surface area (Å²) in [5.41, 5.74) is 0. The van der Waals surface area contributed by atoms with E-state index in [1.54, 1.807) is 6.92 Å². The third kappa shape index (κ3) is 4.04. The first kappa shape index (κ1) is 12.9. The summed E-state index contributed by atoms with van der Waals surface area (Å²) in [6, 6.07) is 0. The van der Waals surface area contributed by atoms with Gasteiger partial charge in [-0.1, -0.05) is 12.2 Å². The molecule has 0 atom stereocenters. The minimum Gasteiger partial charge on any atom is -0.366 e. The second kappa shape index (κ2) is 5.23. The number of hydrogen-bond acceptors (Lipinski definition) is 4. The predicted molar refractivity (Wildman–Crippen MR) is 63.4 cm³/mol. The molecule has 1 fully saturated rings. The molecule has 0 aromatic carbocycles. The van der Waals surface area contributed by atoms with E-state index in [-0.39, 0.29) is 11.9 Å². The van der Waals surface area contributed by atoms with Gasteiger partial charge >= 0.3 is 0 Å². The number of piperidine rings is 1. The van der Waals surface area contributed by atoms with Crippen LogP contribution in [-0.4, -0.2) is 43.3 Å². The molecule has 0 unspecified atom stereocenters. The van der Waals surface area contributed by atoms with Crippen molar-refractivity contribution in [3.05, 3.63) is 0 Å². The first-order valence-corrected chi connectivity index (χ1v) is 7.09. The lowest BCUT2D eigenvalue weighted by atomic mass is 10.1. The number of nitrogens with zero attached hydrogens (tertiary/aromatic N) is 1. The van der Waals surface area contributed by atoms with E-state index in [1.807, 2.05) is 6.92 Å². The molecule has 0 radical (unpaired) electrons. The highest BCUT2D eigenvalue weighted by atomic mass is 32.2. The van der Waals surface area contributed by atoms with Crippen molar-refractivity contribution in [3.8, 4) is 0 Å². The Bertz CT molecular complexity index is 318. The van der Waals surface area contributed by atoms with Crippen LogP contribution in [0.25, 0.3) is 0 Å². The van der Waals surface area contributed by atoms with Gasteiger partial charge in [0, 0.05) is 13.1 Å². The first-order chi connectivity index (χ1) is 6.94. The Morgan fingerprint density at radius 2 is 2.00 bits per heavy atom. The average Bonchev–Trinajstić information content (AvgIpc) is 2.18. The highest BCUT2D eigenvalue weighted by Crippen LogP contribution is 2.16. The Morgan fingerprint density at radius 3 is 2.40 bits per heavy atom. The summed E-state index contributed by atoms with van der Waals surface area (Å²) in [5, 5.41) is 0. The van der Waals surface area contributed by atoms with Crippen molar-refractivity contribution >= 4 is 27.3 Å². The monoisotopic (exact) mass is 251 g/mol. The average molecular weight is 251 g/mol. The summed E-state index contributed by atoms with van der Waals surface area (Å²) in [6.07, 6.45) is 1.29. The zero-order chi connectivity index (χ0) is 11.5. The second-order valence-corrected chi connectivity index (χ2v) is 6.12. The molecule has 0 spiro atoms. The molecule has 0 N–H and O–H groups in total. The molecule has 0 bridgehead atoms. The second-order valence-electron chi connectivity index (χ2n) is 3.65. The Kier molecular flexibility index (Phi) is 4.48. The molecule has 1 saturated heterocycles. The van der Waals surface area contributed by atoms with Crippen LogP contribution in [0.2, 0.25) is 0 Å². The van der Waals surface area contributed by atoms with Gasteiger partial charge in [-0.05, 0) is 26.7 Å². The summed E-state index contributed by atoms with van der Waals surface area (Å²) < 4.78 is 27.5. The van der Waals surface area contributed by atoms with E-state index < -0.39 is 10.1 Å². The summed E-state index contributed by atoms with van der Waals surface area (Å²) in [4.78, 5) is 2.94. The van der Waals surface area contributed by atoms with Crippen LogP contribution in [0, 0.1) is 0 Å². The van der Waals surface area contributed by atoms with E-state index in [0.717, 1.165) is 30.9 Å². The lowest BCUT2D eigenvalue weighted by Crippen LogP contribution is -2.39. The minimum atomic E-state index is -3.31. The number of thiocarbonyl (C=S) groups is 1. The normalized spacial score (nSPS) is 19.2. The molecule has 0 amide bonds. The van der Waals surface area contributed by atoms with Crippen molar-refractivity contribution in [2.24, 2.45) is 0 Å². The maximum atomic E-state index is 11.2. The molecule has 6 heteroatoms. The quantitative estimate of drug-likeness (QED) is 0.556. The lowest BCUT2D eigenvalue weighted by Gasteiger charge is -2.32. The molecule has 1 heterocycles. The van der Waals surface area contributed by atoms with Gasteiger partial charge < -0.3 is 4.90 Å². The van der Waals surface area contributed by atoms with E-state index in [0.29, 0.717) is 0 Å². The Labute approximate surface area is 96.7 Å². The molecule has 0 aromatic heterocycles. The Hall–Kier alpha value is -0.200. The van der Waals surface area contributed by atoms with Crippen molar-refractivity contribution in [1.29, 1.82) is 0 Å². The minimum absolute atomic E-state index is 0.0411. The molecule has 4 nitrogen and oxygen atoms in total. The molecule has 0 saturated carbocycles. The lowest BCUT2D eigenvalue weighted by molar-refractivity contribution is 0.138. The molecule has 15 heavy (non-hydrogen) atoms. The number of rotatable bonds is 3. The molecular weight excluding hydrogens is 234 g/mol. The van der Waals surface area contributed by atoms with Crippen LogP contribution in [0.5, 0.6) is 0 Å². The highest BCUT2D eigenvalue weighted by molar-refractivity contribution is 7.86. The van der Waals surface area contributed by atoms with Gasteiger partial charge in [-0.15, -0.1) is 0 Å². The first-order valence-electron chi connectivity index (χ1n) is 5.11. The van der Waals surface area contributed by atoms with E-state index in [1.165, 1.54) is 0 Å². The Balaban J connectivity index is 2.42. The van der Waals surface area contributed by atoms with Crippen LogP contribution < -0.4 is 0 Å². The fourth-order valence-corrected chi connectivity index (χ4v) is 2.47. The maximum absolute atomic E-state index is 11.2. The summed E-state index contributed by atoms with van der Waals surface area (Å²) in [6.45, 7) is 5.06. The number of hydrogen-bond donors (Lipinski definition) is 0. The Morgan fingerprint density at radius 1 is 1.47 bits per heavy atom. The molecule has 1 aliphatic rings. The van der Waals surface area contributed by atoms with Crippen LogP contribution in [0.4, 0.5) is 0 Å². The smallest absolute Gasteiger partial charge is 0.267 e. The third-order valence-corrected chi connectivity index (χ3v) is 4.05. The SMILES string of the molecule is CCS(=O)(=O)OC1CCN(C(C)=S)CC1. The maximum Gasteiger partial charge on any atom is 0.267 e.